The fourth-order valence-electron chi connectivity index (χ4n) is 1.52. The van der Waals surface area contributed by atoms with Crippen LogP contribution in [0.3, 0.4) is 0 Å². The molecule has 0 radical (unpaired) electrons. The van der Waals surface area contributed by atoms with Crippen LogP contribution in [0.5, 0.6) is 0 Å². The number of nitrogens with two attached hydrogens (primary N) is 1. The average molecular weight is 302 g/mol. The number of nitrogens with one attached hydrogen (secondary N) is 1. The van der Waals surface area contributed by atoms with Gasteiger partial charge in [-0.15, -0.1) is 0 Å². The lowest BCUT2D eigenvalue weighted by atomic mass is 10.0. The van der Waals surface area contributed by atoms with Crippen LogP contribution >= 0.6 is 0 Å². The molecule has 0 saturated carbocycles. The van der Waals surface area contributed by atoms with Gasteiger partial charge in [-0.3, -0.25) is 4.79 Å². The second kappa shape index (κ2) is 5.78. The van der Waals surface area contributed by atoms with Gasteiger partial charge in [-0.2, -0.15) is 0 Å². The molecule has 0 spiro atoms. The van der Waals surface area contributed by atoms with Crippen molar-refractivity contribution >= 4 is 21.4 Å². The summed E-state index contributed by atoms with van der Waals surface area (Å²) in [5.41, 5.74) is 4.97. The molecule has 1 amide bonds. The van der Waals surface area contributed by atoms with Gasteiger partial charge >= 0.3 is 0 Å². The van der Waals surface area contributed by atoms with Gasteiger partial charge in [0, 0.05) is 11.2 Å². The number of hydrogen-bond acceptors (Lipinski definition) is 4. The number of sulfone groups is 1. The first-order chi connectivity index (χ1) is 9.07. The number of rotatable bonds is 5. The number of anilines is 1. The minimum atomic E-state index is -4.03. The lowest BCUT2D eigenvalue weighted by Crippen LogP contribution is -2.45. The van der Waals surface area contributed by atoms with Crippen molar-refractivity contribution in [3.63, 3.8) is 0 Å². The Bertz CT molecular complexity index is 612. The van der Waals surface area contributed by atoms with Crippen molar-refractivity contribution in [3.8, 4) is 0 Å². The summed E-state index contributed by atoms with van der Waals surface area (Å²) in [7, 11) is -4.03. The Balaban J connectivity index is 2.93. The van der Waals surface area contributed by atoms with Gasteiger partial charge in [0.1, 0.15) is 16.5 Å². The fourth-order valence-corrected chi connectivity index (χ4v) is 2.73. The Morgan fingerprint density at radius 1 is 1.40 bits per heavy atom. The predicted molar refractivity (Wildman–Crippen MR) is 75.4 cm³/mol. The molecule has 0 bridgehead atoms. The van der Waals surface area contributed by atoms with Crippen LogP contribution in [0.4, 0.5) is 10.1 Å². The van der Waals surface area contributed by atoms with E-state index in [-0.39, 0.29) is 5.69 Å². The highest BCUT2D eigenvalue weighted by Gasteiger charge is 2.26. The molecule has 1 rings (SSSR count). The summed E-state index contributed by atoms with van der Waals surface area (Å²) in [6.45, 7) is 5.43. The van der Waals surface area contributed by atoms with Crippen LogP contribution in [0.15, 0.2) is 23.1 Å². The minimum absolute atomic E-state index is 0.123. The van der Waals surface area contributed by atoms with Crippen LogP contribution in [0.2, 0.25) is 0 Å². The SMILES string of the molecule is CCC(C)(C)NC(=O)CS(=O)(=O)c1ccc(N)cc1F. The molecule has 0 fully saturated rings. The highest BCUT2D eigenvalue weighted by molar-refractivity contribution is 7.92. The second-order valence-electron chi connectivity index (χ2n) is 5.23. The molecular formula is C13H19FN2O3S. The Morgan fingerprint density at radius 2 is 2.00 bits per heavy atom. The smallest absolute Gasteiger partial charge is 0.235 e. The molecule has 0 aliphatic heterocycles. The van der Waals surface area contributed by atoms with E-state index in [1.807, 2.05) is 6.92 Å². The molecule has 112 valence electrons. The van der Waals surface area contributed by atoms with Gasteiger partial charge < -0.3 is 11.1 Å². The molecule has 20 heavy (non-hydrogen) atoms. The van der Waals surface area contributed by atoms with E-state index in [0.29, 0.717) is 6.42 Å². The summed E-state index contributed by atoms with van der Waals surface area (Å²) in [5.74, 6) is -2.40. The first kappa shape index (κ1) is 16.4. The summed E-state index contributed by atoms with van der Waals surface area (Å²) in [4.78, 5) is 11.2. The number of carbonyl (C=O) groups is 1. The molecule has 1 aromatic carbocycles. The quantitative estimate of drug-likeness (QED) is 0.806. The van der Waals surface area contributed by atoms with Crippen molar-refractivity contribution in [2.45, 2.75) is 37.6 Å². The zero-order valence-electron chi connectivity index (χ0n) is 11.7. The highest BCUT2D eigenvalue weighted by atomic mass is 32.2. The van der Waals surface area contributed by atoms with Crippen LogP contribution in [0, 0.1) is 5.82 Å². The fraction of sp³-hybridized carbons (Fsp3) is 0.462. The molecule has 0 heterocycles. The molecule has 0 aliphatic rings. The number of nitrogen functional groups attached to an aromatic ring is 1. The van der Waals surface area contributed by atoms with E-state index in [1.54, 1.807) is 13.8 Å². The number of carbonyl (C=O) groups excluding carboxylic acids is 1. The minimum Gasteiger partial charge on any atom is -0.399 e. The molecule has 5 nitrogen and oxygen atoms in total. The van der Waals surface area contributed by atoms with Crippen molar-refractivity contribution in [3.05, 3.63) is 24.0 Å². The zero-order chi connectivity index (χ0) is 15.6. The van der Waals surface area contributed by atoms with E-state index in [4.69, 9.17) is 5.73 Å². The molecule has 0 aliphatic carbocycles. The summed E-state index contributed by atoms with van der Waals surface area (Å²) in [6, 6.07) is 3.27. The van der Waals surface area contributed by atoms with Crippen LogP contribution in [0.1, 0.15) is 27.2 Å². The molecule has 7 heteroatoms. The predicted octanol–water partition coefficient (Wildman–Crippen LogP) is 1.49. The second-order valence-corrected chi connectivity index (χ2v) is 7.19. The topological polar surface area (TPSA) is 89.3 Å². The maximum atomic E-state index is 13.6. The Morgan fingerprint density at radius 3 is 2.50 bits per heavy atom. The Labute approximate surface area is 118 Å². The van der Waals surface area contributed by atoms with Crippen LogP contribution in [-0.4, -0.2) is 25.6 Å². The number of hydrogen-bond donors (Lipinski definition) is 2. The normalized spacial score (nSPS) is 12.2. The monoisotopic (exact) mass is 302 g/mol. The van der Waals surface area contributed by atoms with Gasteiger partial charge in [-0.25, -0.2) is 12.8 Å². The van der Waals surface area contributed by atoms with Crippen LogP contribution in [-0.2, 0) is 14.6 Å². The highest BCUT2D eigenvalue weighted by Crippen LogP contribution is 2.18. The standard InChI is InChI=1S/C13H19FN2O3S/c1-4-13(2,3)16-12(17)8-20(18,19)11-6-5-9(15)7-10(11)14/h5-7H,4,8,15H2,1-3H3,(H,16,17). The van der Waals surface area contributed by atoms with E-state index < -0.39 is 37.7 Å². The summed E-state index contributed by atoms with van der Waals surface area (Å²) in [5, 5.41) is 2.60. The lowest BCUT2D eigenvalue weighted by molar-refractivity contribution is -0.120. The molecule has 0 atom stereocenters. The Hall–Kier alpha value is -1.63. The van der Waals surface area contributed by atoms with E-state index >= 15 is 0 Å². The Kier molecular flexibility index (Phi) is 4.75. The van der Waals surface area contributed by atoms with Crippen molar-refractivity contribution in [2.24, 2.45) is 0 Å². The van der Waals surface area contributed by atoms with Crippen LogP contribution in [0.25, 0.3) is 0 Å². The molecule has 0 aromatic heterocycles. The molecule has 3 N–H and O–H groups in total. The summed E-state index contributed by atoms with van der Waals surface area (Å²) < 4.78 is 37.6. The van der Waals surface area contributed by atoms with E-state index in [0.717, 1.165) is 12.1 Å². The molecule has 0 unspecified atom stereocenters. The van der Waals surface area contributed by atoms with E-state index in [2.05, 4.69) is 5.32 Å². The van der Waals surface area contributed by atoms with Crippen LogP contribution < -0.4 is 11.1 Å². The maximum Gasteiger partial charge on any atom is 0.235 e. The summed E-state index contributed by atoms with van der Waals surface area (Å²) in [6.07, 6.45) is 0.648. The largest absolute Gasteiger partial charge is 0.399 e. The maximum absolute atomic E-state index is 13.6. The third-order valence-corrected chi connectivity index (χ3v) is 4.62. The van der Waals surface area contributed by atoms with E-state index in [1.165, 1.54) is 6.07 Å². The van der Waals surface area contributed by atoms with Crippen molar-refractivity contribution in [1.29, 1.82) is 0 Å². The van der Waals surface area contributed by atoms with Gasteiger partial charge in [0.2, 0.25) is 5.91 Å². The van der Waals surface area contributed by atoms with Gasteiger partial charge in [0.05, 0.1) is 0 Å². The van der Waals surface area contributed by atoms with Gasteiger partial charge in [0.15, 0.2) is 9.84 Å². The van der Waals surface area contributed by atoms with Crippen molar-refractivity contribution in [1.82, 2.24) is 5.32 Å². The van der Waals surface area contributed by atoms with Gasteiger partial charge in [-0.05, 0) is 38.5 Å². The van der Waals surface area contributed by atoms with Gasteiger partial charge in [0.25, 0.3) is 0 Å². The molecule has 0 saturated heterocycles. The third kappa shape index (κ3) is 4.19. The summed E-state index contributed by atoms with van der Waals surface area (Å²) >= 11 is 0. The zero-order valence-corrected chi connectivity index (χ0v) is 12.6. The van der Waals surface area contributed by atoms with E-state index in [9.17, 15) is 17.6 Å². The van der Waals surface area contributed by atoms with Crippen molar-refractivity contribution in [2.75, 3.05) is 11.5 Å². The van der Waals surface area contributed by atoms with Crippen molar-refractivity contribution < 1.29 is 17.6 Å². The molecule has 1 aromatic rings. The van der Waals surface area contributed by atoms with Gasteiger partial charge in [-0.1, -0.05) is 6.92 Å². The third-order valence-electron chi connectivity index (χ3n) is 2.97. The number of amides is 1. The number of benzene rings is 1. The first-order valence-electron chi connectivity index (χ1n) is 6.16. The average Bonchev–Trinajstić information content (AvgIpc) is 2.26. The molecular weight excluding hydrogens is 283 g/mol. The first-order valence-corrected chi connectivity index (χ1v) is 7.81. The lowest BCUT2D eigenvalue weighted by Gasteiger charge is -2.24. The number of halogens is 1.